The topological polar surface area (TPSA) is 58.2 Å². The summed E-state index contributed by atoms with van der Waals surface area (Å²) in [5.74, 6) is 0.204. The molecule has 0 unspecified atom stereocenters. The lowest BCUT2D eigenvalue weighted by atomic mass is 9.86. The average Bonchev–Trinajstić information content (AvgIpc) is 2.55. The molecule has 23 heavy (non-hydrogen) atoms. The predicted molar refractivity (Wildman–Crippen MR) is 93.9 cm³/mol. The van der Waals surface area contributed by atoms with Crippen LogP contribution in [0, 0.1) is 0 Å². The predicted octanol–water partition coefficient (Wildman–Crippen LogP) is 2.35. The highest BCUT2D eigenvalue weighted by molar-refractivity contribution is 7.88. The highest BCUT2D eigenvalue weighted by Gasteiger charge is 2.28. The molecule has 0 bridgehead atoms. The summed E-state index contributed by atoms with van der Waals surface area (Å²) in [5, 5.41) is 3.27. The molecule has 3 rings (SSSR count). The van der Waals surface area contributed by atoms with Crippen LogP contribution < -0.4 is 10.0 Å². The molecule has 1 saturated heterocycles. The first-order valence-corrected chi connectivity index (χ1v) is 9.75. The second kappa shape index (κ2) is 6.83. The second-order valence-electron chi connectivity index (χ2n) is 6.08. The number of hydrogen-bond acceptors (Lipinski definition) is 3. The van der Waals surface area contributed by atoms with Crippen LogP contribution >= 0.6 is 0 Å². The molecule has 2 aromatic rings. The summed E-state index contributed by atoms with van der Waals surface area (Å²) >= 11 is 0. The average molecular weight is 330 g/mol. The summed E-state index contributed by atoms with van der Waals surface area (Å²) in [6.07, 6.45) is 2.15. The molecule has 1 heterocycles. The Morgan fingerprint density at radius 2 is 1.65 bits per heavy atom. The van der Waals surface area contributed by atoms with Crippen LogP contribution in [0.2, 0.25) is 0 Å². The Morgan fingerprint density at radius 3 is 2.30 bits per heavy atom. The van der Waals surface area contributed by atoms with E-state index in [9.17, 15) is 8.42 Å². The molecule has 122 valence electrons. The van der Waals surface area contributed by atoms with E-state index in [2.05, 4.69) is 46.4 Å². The molecule has 0 spiro atoms. The highest BCUT2D eigenvalue weighted by Crippen LogP contribution is 2.28. The summed E-state index contributed by atoms with van der Waals surface area (Å²) in [4.78, 5) is 0. The van der Waals surface area contributed by atoms with E-state index in [0.717, 1.165) is 13.0 Å². The van der Waals surface area contributed by atoms with Crippen LogP contribution in [0.15, 0.2) is 54.6 Å². The number of nitrogens with one attached hydrogen (secondary N) is 2. The third-order valence-corrected chi connectivity index (χ3v) is 5.02. The zero-order valence-corrected chi connectivity index (χ0v) is 14.0. The highest BCUT2D eigenvalue weighted by atomic mass is 32.2. The van der Waals surface area contributed by atoms with Crippen LogP contribution in [-0.2, 0) is 10.0 Å². The maximum atomic E-state index is 11.6. The van der Waals surface area contributed by atoms with Crippen LogP contribution in [0.1, 0.15) is 17.9 Å². The monoisotopic (exact) mass is 330 g/mol. The van der Waals surface area contributed by atoms with Crippen molar-refractivity contribution in [3.8, 4) is 11.1 Å². The second-order valence-corrected chi connectivity index (χ2v) is 7.86. The van der Waals surface area contributed by atoms with Gasteiger partial charge in [-0.05, 0) is 29.7 Å². The molecule has 2 N–H and O–H groups in total. The van der Waals surface area contributed by atoms with Gasteiger partial charge in [-0.15, -0.1) is 0 Å². The number of hydrogen-bond donors (Lipinski definition) is 2. The molecule has 1 aliphatic rings. The minimum atomic E-state index is -3.21. The van der Waals surface area contributed by atoms with Crippen molar-refractivity contribution in [3.05, 3.63) is 60.2 Å². The fourth-order valence-electron chi connectivity index (χ4n) is 3.21. The Labute approximate surface area is 138 Å². The van der Waals surface area contributed by atoms with Gasteiger partial charge in [0.2, 0.25) is 10.0 Å². The van der Waals surface area contributed by atoms with Crippen molar-refractivity contribution >= 4 is 10.0 Å². The smallest absolute Gasteiger partial charge is 0.209 e. The molecule has 0 aromatic heterocycles. The SMILES string of the molecule is CS(=O)(=O)N[C@@H]1CNCC[C@H]1c1ccc(-c2ccccc2)cc1. The van der Waals surface area contributed by atoms with Gasteiger partial charge in [-0.1, -0.05) is 54.6 Å². The molecule has 0 amide bonds. The van der Waals surface area contributed by atoms with Crippen molar-refractivity contribution in [2.75, 3.05) is 19.3 Å². The summed E-state index contributed by atoms with van der Waals surface area (Å²) in [6.45, 7) is 1.57. The molecule has 2 atom stereocenters. The lowest BCUT2D eigenvalue weighted by Crippen LogP contribution is -2.49. The van der Waals surface area contributed by atoms with Crippen LogP contribution in [0.25, 0.3) is 11.1 Å². The van der Waals surface area contributed by atoms with E-state index in [4.69, 9.17) is 0 Å². The van der Waals surface area contributed by atoms with Crippen molar-refractivity contribution in [3.63, 3.8) is 0 Å². The van der Waals surface area contributed by atoms with E-state index in [1.807, 2.05) is 18.2 Å². The fraction of sp³-hybridized carbons (Fsp3) is 0.333. The molecule has 0 aliphatic carbocycles. The van der Waals surface area contributed by atoms with Gasteiger partial charge >= 0.3 is 0 Å². The van der Waals surface area contributed by atoms with E-state index >= 15 is 0 Å². The molecular formula is C18H22N2O2S. The summed E-state index contributed by atoms with van der Waals surface area (Å²) in [7, 11) is -3.21. The maximum absolute atomic E-state index is 11.6. The van der Waals surface area contributed by atoms with Gasteiger partial charge in [-0.3, -0.25) is 0 Å². The van der Waals surface area contributed by atoms with E-state index in [-0.39, 0.29) is 12.0 Å². The fourth-order valence-corrected chi connectivity index (χ4v) is 4.01. The van der Waals surface area contributed by atoms with E-state index < -0.39 is 10.0 Å². The van der Waals surface area contributed by atoms with Crippen LogP contribution in [0.4, 0.5) is 0 Å². The normalized spacial score (nSPS) is 22.0. The molecule has 2 aromatic carbocycles. The zero-order chi connectivity index (χ0) is 16.3. The van der Waals surface area contributed by atoms with Gasteiger partial charge in [0.1, 0.15) is 0 Å². The summed E-state index contributed by atoms with van der Waals surface area (Å²) < 4.78 is 25.9. The molecular weight excluding hydrogens is 308 g/mol. The lowest BCUT2D eigenvalue weighted by molar-refractivity contribution is 0.379. The van der Waals surface area contributed by atoms with Crippen molar-refractivity contribution < 1.29 is 8.42 Å². The van der Waals surface area contributed by atoms with Crippen molar-refractivity contribution in [2.24, 2.45) is 0 Å². The minimum absolute atomic E-state index is 0.0960. The molecule has 1 aliphatic heterocycles. The van der Waals surface area contributed by atoms with E-state index in [1.165, 1.54) is 22.9 Å². The van der Waals surface area contributed by atoms with Gasteiger partial charge in [0.15, 0.2) is 0 Å². The van der Waals surface area contributed by atoms with E-state index in [1.54, 1.807) is 0 Å². The van der Waals surface area contributed by atoms with Gasteiger partial charge in [0.05, 0.1) is 6.26 Å². The first-order chi connectivity index (χ1) is 11.0. The van der Waals surface area contributed by atoms with Crippen molar-refractivity contribution in [1.82, 2.24) is 10.0 Å². The van der Waals surface area contributed by atoms with Crippen LogP contribution in [0.5, 0.6) is 0 Å². The van der Waals surface area contributed by atoms with Crippen LogP contribution in [-0.4, -0.2) is 33.8 Å². The van der Waals surface area contributed by atoms with Gasteiger partial charge in [-0.2, -0.15) is 0 Å². The largest absolute Gasteiger partial charge is 0.315 e. The molecule has 0 saturated carbocycles. The molecule has 0 radical (unpaired) electrons. The van der Waals surface area contributed by atoms with Gasteiger partial charge in [0.25, 0.3) is 0 Å². The number of rotatable bonds is 4. The van der Waals surface area contributed by atoms with Gasteiger partial charge < -0.3 is 5.32 Å². The first-order valence-electron chi connectivity index (χ1n) is 7.86. The van der Waals surface area contributed by atoms with Crippen molar-refractivity contribution in [2.45, 2.75) is 18.4 Å². The minimum Gasteiger partial charge on any atom is -0.315 e. The summed E-state index contributed by atoms with van der Waals surface area (Å²) in [6, 6.07) is 18.6. The Balaban J connectivity index is 1.82. The number of benzene rings is 2. The van der Waals surface area contributed by atoms with Crippen LogP contribution in [0.3, 0.4) is 0 Å². The maximum Gasteiger partial charge on any atom is 0.209 e. The quantitative estimate of drug-likeness (QED) is 0.905. The zero-order valence-electron chi connectivity index (χ0n) is 13.2. The number of sulfonamides is 1. The lowest BCUT2D eigenvalue weighted by Gasteiger charge is -2.32. The Morgan fingerprint density at radius 1 is 1.00 bits per heavy atom. The Kier molecular flexibility index (Phi) is 4.80. The standard InChI is InChI=1S/C18H22N2O2S/c1-23(21,22)20-18-13-19-12-11-17(18)16-9-7-15(8-10-16)14-5-3-2-4-6-14/h2-10,17-20H,11-13H2,1H3/t17-,18+/m0/s1. The van der Waals surface area contributed by atoms with Gasteiger partial charge in [-0.25, -0.2) is 13.1 Å². The molecule has 4 nitrogen and oxygen atoms in total. The third kappa shape index (κ3) is 4.19. The summed E-state index contributed by atoms with van der Waals surface area (Å²) in [5.41, 5.74) is 3.55. The van der Waals surface area contributed by atoms with E-state index in [0.29, 0.717) is 6.54 Å². The Bertz CT molecular complexity index is 742. The number of piperidine rings is 1. The molecule has 5 heteroatoms. The van der Waals surface area contributed by atoms with Crippen molar-refractivity contribution in [1.29, 1.82) is 0 Å². The van der Waals surface area contributed by atoms with Gasteiger partial charge in [0, 0.05) is 18.5 Å². The first kappa shape index (κ1) is 16.2. The third-order valence-electron chi connectivity index (χ3n) is 4.29. The Hall–Kier alpha value is -1.69. The molecule has 1 fully saturated rings.